The van der Waals surface area contributed by atoms with Gasteiger partial charge in [-0.3, -0.25) is 4.98 Å². The third-order valence-corrected chi connectivity index (χ3v) is 19.3. The van der Waals surface area contributed by atoms with Gasteiger partial charge in [-0.2, -0.15) is 0 Å². The molecule has 0 spiro atoms. The summed E-state index contributed by atoms with van der Waals surface area (Å²) in [6.07, 6.45) is 3.99. The third-order valence-electron chi connectivity index (χ3n) is 19.3. The van der Waals surface area contributed by atoms with Crippen LogP contribution in [0.2, 0.25) is 0 Å². The molecular formula is C90H80N6. The van der Waals surface area contributed by atoms with Gasteiger partial charge in [-0.25, -0.2) is 15.0 Å². The van der Waals surface area contributed by atoms with Crippen LogP contribution in [-0.4, -0.2) is 29.1 Å². The average molecular weight is 1250 g/mol. The summed E-state index contributed by atoms with van der Waals surface area (Å²) in [5, 5.41) is 4.62. The summed E-state index contributed by atoms with van der Waals surface area (Å²) in [6.45, 7) is 27.5. The lowest BCUT2D eigenvalue weighted by Crippen LogP contribution is -2.17. The fourth-order valence-electron chi connectivity index (χ4n) is 13.7. The summed E-state index contributed by atoms with van der Waals surface area (Å²) in [4.78, 5) is 22.0. The largest absolute Gasteiger partial charge is 0.309 e. The molecule has 96 heavy (non-hydrogen) atoms. The normalized spacial score (nSPS) is 12.4. The van der Waals surface area contributed by atoms with E-state index in [0.29, 0.717) is 17.5 Å². The molecule has 0 aliphatic heterocycles. The van der Waals surface area contributed by atoms with Crippen molar-refractivity contribution in [3.8, 4) is 101 Å². The first kappa shape index (κ1) is 61.4. The third kappa shape index (κ3) is 11.5. The van der Waals surface area contributed by atoms with Gasteiger partial charge in [0.2, 0.25) is 0 Å². The molecule has 0 aliphatic rings. The van der Waals surface area contributed by atoms with Crippen molar-refractivity contribution >= 4 is 43.6 Å². The second kappa shape index (κ2) is 23.6. The van der Waals surface area contributed by atoms with E-state index in [1.54, 1.807) is 0 Å². The van der Waals surface area contributed by atoms with Crippen molar-refractivity contribution in [1.29, 1.82) is 0 Å². The lowest BCUT2D eigenvalue weighted by Gasteiger charge is -2.26. The van der Waals surface area contributed by atoms with Crippen LogP contribution in [0.15, 0.2) is 267 Å². The molecule has 0 aliphatic carbocycles. The predicted octanol–water partition coefficient (Wildman–Crippen LogP) is 24.0. The highest BCUT2D eigenvalue weighted by atomic mass is 15.0. The fraction of sp³-hybridized carbons (Fsp3) is 0.178. The van der Waals surface area contributed by atoms with Crippen LogP contribution in [0.5, 0.6) is 0 Å². The molecule has 4 aromatic heterocycles. The maximum absolute atomic E-state index is 5.67. The monoisotopic (exact) mass is 1240 g/mol. The van der Waals surface area contributed by atoms with Gasteiger partial charge in [0, 0.05) is 55.6 Å². The van der Waals surface area contributed by atoms with Gasteiger partial charge in [0.05, 0.1) is 39.6 Å². The Morgan fingerprint density at radius 3 is 0.865 bits per heavy atom. The fourth-order valence-corrected chi connectivity index (χ4v) is 13.7. The van der Waals surface area contributed by atoms with E-state index in [4.69, 9.17) is 19.9 Å². The quantitative estimate of drug-likeness (QED) is 0.137. The van der Waals surface area contributed by atoms with Crippen LogP contribution in [0.3, 0.4) is 0 Å². The summed E-state index contributed by atoms with van der Waals surface area (Å²) in [6, 6.07) is 93.6. The van der Waals surface area contributed by atoms with Gasteiger partial charge in [0.15, 0.2) is 17.5 Å². The number of hydrogen-bond acceptors (Lipinski definition) is 4. The highest BCUT2D eigenvalue weighted by Crippen LogP contribution is 2.46. The molecule has 6 heteroatoms. The Morgan fingerprint density at radius 1 is 0.240 bits per heavy atom. The van der Waals surface area contributed by atoms with Crippen molar-refractivity contribution in [2.75, 3.05) is 0 Å². The summed E-state index contributed by atoms with van der Waals surface area (Å²) in [5.74, 6) is 1.83. The maximum atomic E-state index is 5.67. The Hall–Kier alpha value is -10.8. The number of aromatic nitrogens is 6. The highest BCUT2D eigenvalue weighted by Gasteiger charge is 2.28. The van der Waals surface area contributed by atoms with Gasteiger partial charge in [-0.15, -0.1) is 0 Å². The van der Waals surface area contributed by atoms with E-state index in [2.05, 4.69) is 347 Å². The Bertz CT molecular complexity index is 5120. The molecule has 0 fully saturated rings. The Kier molecular flexibility index (Phi) is 15.1. The van der Waals surface area contributed by atoms with Crippen molar-refractivity contribution in [2.24, 2.45) is 0 Å². The van der Waals surface area contributed by atoms with E-state index in [9.17, 15) is 0 Å². The van der Waals surface area contributed by atoms with Gasteiger partial charge in [0.25, 0.3) is 0 Å². The van der Waals surface area contributed by atoms with Gasteiger partial charge in [-0.1, -0.05) is 241 Å². The first-order chi connectivity index (χ1) is 46.1. The Morgan fingerprint density at radius 2 is 0.542 bits per heavy atom. The second-order valence-corrected chi connectivity index (χ2v) is 30.1. The van der Waals surface area contributed by atoms with Crippen molar-refractivity contribution in [1.82, 2.24) is 29.1 Å². The zero-order valence-corrected chi connectivity index (χ0v) is 57.1. The minimum Gasteiger partial charge on any atom is -0.309 e. The molecule has 0 saturated heterocycles. The molecule has 0 unspecified atom stereocenters. The van der Waals surface area contributed by atoms with E-state index >= 15 is 0 Å². The molecule has 0 bridgehead atoms. The lowest BCUT2D eigenvalue weighted by atomic mass is 9.79. The molecule has 0 radical (unpaired) electrons. The Balaban J connectivity index is 1.04. The highest BCUT2D eigenvalue weighted by molar-refractivity contribution is 6.14. The van der Waals surface area contributed by atoms with Crippen molar-refractivity contribution in [3.63, 3.8) is 0 Å². The molecule has 4 heterocycles. The zero-order valence-electron chi connectivity index (χ0n) is 57.1. The van der Waals surface area contributed by atoms with E-state index < -0.39 is 0 Å². The van der Waals surface area contributed by atoms with Crippen LogP contribution in [0.25, 0.3) is 145 Å². The number of benzene rings is 11. The average Bonchev–Trinajstić information content (AvgIpc) is 1.35. The summed E-state index contributed by atoms with van der Waals surface area (Å²) in [7, 11) is 0. The number of rotatable bonds is 10. The molecule has 0 N–H and O–H groups in total. The maximum Gasteiger partial charge on any atom is 0.164 e. The molecule has 470 valence electrons. The van der Waals surface area contributed by atoms with Crippen molar-refractivity contribution < 1.29 is 0 Å². The smallest absolute Gasteiger partial charge is 0.164 e. The SMILES string of the molecule is CC(C)(C)c1cc(-c2nc(-c3cc(C(C)(C)C)cc(C(C)(C)C)c3)nc(-c3ccc(-n4c5ccc(-c6ccccc6)cc5c5cc(-c6ccccc6)ccc54)c(-c4ccncc4-n4c5ccc(-c6ccccc6)cc5c5cc(-c6ccccc6)ccc54)c3)n2)cc(C(C)(C)C)c1. The molecule has 15 rings (SSSR count). The van der Waals surface area contributed by atoms with E-state index in [1.165, 1.54) is 44.5 Å². The van der Waals surface area contributed by atoms with E-state index in [0.717, 1.165) is 105 Å². The molecule has 11 aromatic carbocycles. The number of nitrogens with zero attached hydrogens (tertiary/aromatic N) is 6. The number of hydrogen-bond donors (Lipinski definition) is 0. The first-order valence-electron chi connectivity index (χ1n) is 33.7. The van der Waals surface area contributed by atoms with E-state index in [1.807, 2.05) is 12.4 Å². The molecule has 6 nitrogen and oxygen atoms in total. The van der Waals surface area contributed by atoms with Gasteiger partial charge in [0.1, 0.15) is 0 Å². The second-order valence-electron chi connectivity index (χ2n) is 30.1. The van der Waals surface area contributed by atoms with Crippen LogP contribution in [0, 0.1) is 0 Å². The summed E-state index contributed by atoms with van der Waals surface area (Å²) < 4.78 is 4.91. The van der Waals surface area contributed by atoms with Crippen LogP contribution >= 0.6 is 0 Å². The van der Waals surface area contributed by atoms with Gasteiger partial charge in [-0.05, 0) is 185 Å². The first-order valence-corrected chi connectivity index (χ1v) is 33.7. The van der Waals surface area contributed by atoms with Crippen LogP contribution in [0.4, 0.5) is 0 Å². The van der Waals surface area contributed by atoms with Crippen LogP contribution in [0.1, 0.15) is 105 Å². The minimum atomic E-state index is -0.145. The zero-order chi connectivity index (χ0) is 66.4. The van der Waals surface area contributed by atoms with Gasteiger partial charge < -0.3 is 9.13 Å². The number of pyridine rings is 1. The predicted molar refractivity (Wildman–Crippen MR) is 405 cm³/mol. The lowest BCUT2D eigenvalue weighted by molar-refractivity contribution is 0.568. The van der Waals surface area contributed by atoms with Gasteiger partial charge >= 0.3 is 0 Å². The number of fused-ring (bicyclic) bond motifs is 6. The topological polar surface area (TPSA) is 61.4 Å². The Labute approximate surface area is 564 Å². The molecular weight excluding hydrogens is 1170 g/mol. The van der Waals surface area contributed by atoms with Crippen molar-refractivity contribution in [2.45, 2.75) is 105 Å². The standard InChI is InChI=1S/C90H80N6/c1-87(2,3)68-45-66(46-69(54-68)88(4,5)6)85-92-84(93-86(94-85)67-47-70(89(7,8)9)55-71(48-67)90(10,11)12)65-37-42-78(95-79-38-33-61(57-25-17-13-18-26-57)49-74(79)75-50-62(34-39-80(75)95)58-27-19-14-20-28-58)73(53-65)72-43-44-91-56-83(72)96-81-40-35-63(59-29-21-15-22-30-59)51-76(81)77-52-64(36-41-82(77)96)60-31-23-16-24-32-60/h13-56H,1-12H3. The van der Waals surface area contributed by atoms with E-state index in [-0.39, 0.29) is 21.7 Å². The molecule has 0 atom stereocenters. The molecule has 0 saturated carbocycles. The molecule has 0 amide bonds. The van der Waals surface area contributed by atoms with Crippen LogP contribution < -0.4 is 0 Å². The minimum absolute atomic E-state index is 0.145. The summed E-state index contributed by atoms with van der Waals surface area (Å²) in [5.41, 5.74) is 24.6. The summed E-state index contributed by atoms with van der Waals surface area (Å²) >= 11 is 0. The van der Waals surface area contributed by atoms with Crippen molar-refractivity contribution in [3.05, 3.63) is 289 Å². The molecule has 15 aromatic rings. The van der Waals surface area contributed by atoms with Crippen LogP contribution in [-0.2, 0) is 21.7 Å².